The molecule has 1 rings (SSSR count). The van der Waals surface area contributed by atoms with E-state index in [9.17, 15) is 9.59 Å². The van der Waals surface area contributed by atoms with Gasteiger partial charge in [-0.15, -0.1) is 0 Å². The second-order valence-corrected chi connectivity index (χ2v) is 4.57. The molecule has 0 aliphatic rings. The van der Waals surface area contributed by atoms with Crippen molar-refractivity contribution < 1.29 is 9.59 Å². The first-order chi connectivity index (χ1) is 8.02. The molecular weight excluding hydrogens is 284 g/mol. The Morgan fingerprint density at radius 1 is 1.24 bits per heavy atom. The molecule has 0 unspecified atom stereocenters. The van der Waals surface area contributed by atoms with Crippen LogP contribution in [0.15, 0.2) is 22.7 Å². The highest BCUT2D eigenvalue weighted by Crippen LogP contribution is 2.15. The lowest BCUT2D eigenvalue weighted by molar-refractivity contribution is -0.120. The molecule has 0 aliphatic carbocycles. The number of hydrogen-bond acceptors (Lipinski definition) is 2. The molecule has 1 aromatic carbocycles. The summed E-state index contributed by atoms with van der Waals surface area (Å²) in [6.45, 7) is 4.30. The van der Waals surface area contributed by atoms with Crippen molar-refractivity contribution in [2.45, 2.75) is 13.8 Å². The molecule has 5 heteroatoms. The topological polar surface area (TPSA) is 58.2 Å². The first-order valence-electron chi connectivity index (χ1n) is 5.35. The maximum Gasteiger partial charge on any atom is 0.251 e. The Morgan fingerprint density at radius 2 is 1.94 bits per heavy atom. The quantitative estimate of drug-likeness (QED) is 0.887. The number of amides is 2. The van der Waals surface area contributed by atoms with E-state index >= 15 is 0 Å². The molecule has 0 radical (unpaired) electrons. The van der Waals surface area contributed by atoms with Gasteiger partial charge in [-0.25, -0.2) is 0 Å². The average molecular weight is 299 g/mol. The van der Waals surface area contributed by atoms with Crippen LogP contribution in [0.4, 0.5) is 0 Å². The smallest absolute Gasteiger partial charge is 0.251 e. The molecule has 2 N–H and O–H groups in total. The van der Waals surface area contributed by atoms with Gasteiger partial charge in [-0.2, -0.15) is 0 Å². The van der Waals surface area contributed by atoms with Crippen molar-refractivity contribution in [3.05, 3.63) is 33.8 Å². The van der Waals surface area contributed by atoms with Crippen LogP contribution in [-0.2, 0) is 4.79 Å². The molecule has 0 spiro atoms. The Balaban J connectivity index is 2.61. The summed E-state index contributed by atoms with van der Waals surface area (Å²) in [6, 6.07) is 5.42. The molecule has 0 aromatic heterocycles. The van der Waals surface area contributed by atoms with Gasteiger partial charge in [-0.3, -0.25) is 9.59 Å². The molecule has 0 bridgehead atoms. The molecule has 0 aliphatic heterocycles. The lowest BCUT2D eigenvalue weighted by atomic mass is 10.1. The monoisotopic (exact) mass is 298 g/mol. The Labute approximate surface area is 109 Å². The summed E-state index contributed by atoms with van der Waals surface area (Å²) in [6.07, 6.45) is 0. The fourth-order valence-electron chi connectivity index (χ4n) is 1.39. The van der Waals surface area contributed by atoms with Crippen LogP contribution >= 0.6 is 15.9 Å². The van der Waals surface area contributed by atoms with E-state index in [0.717, 1.165) is 10.0 Å². The molecule has 4 nitrogen and oxygen atoms in total. The lowest BCUT2D eigenvalue weighted by Crippen LogP contribution is -2.36. The highest BCUT2D eigenvalue weighted by atomic mass is 79.9. The second kappa shape index (κ2) is 6.39. The van der Waals surface area contributed by atoms with Crippen molar-refractivity contribution in [3.8, 4) is 0 Å². The van der Waals surface area contributed by atoms with Crippen LogP contribution in [0.3, 0.4) is 0 Å². The molecule has 17 heavy (non-hydrogen) atoms. The van der Waals surface area contributed by atoms with Gasteiger partial charge in [0.15, 0.2) is 0 Å². The third kappa shape index (κ3) is 4.56. The van der Waals surface area contributed by atoms with E-state index in [2.05, 4.69) is 26.6 Å². The molecule has 92 valence electrons. The zero-order chi connectivity index (χ0) is 12.8. The van der Waals surface area contributed by atoms with Crippen LogP contribution in [0.5, 0.6) is 0 Å². The van der Waals surface area contributed by atoms with Gasteiger partial charge in [0.25, 0.3) is 5.91 Å². The zero-order valence-corrected chi connectivity index (χ0v) is 11.4. The molecule has 0 fully saturated rings. The van der Waals surface area contributed by atoms with Crippen molar-refractivity contribution in [1.29, 1.82) is 0 Å². The maximum atomic E-state index is 11.7. The van der Waals surface area contributed by atoms with E-state index in [-0.39, 0.29) is 18.4 Å². The fraction of sp³-hybridized carbons (Fsp3) is 0.333. The summed E-state index contributed by atoms with van der Waals surface area (Å²) in [5.74, 6) is -0.437. The van der Waals surface area contributed by atoms with Gasteiger partial charge in [0.1, 0.15) is 0 Å². The Morgan fingerprint density at radius 3 is 2.53 bits per heavy atom. The minimum Gasteiger partial charge on any atom is -0.355 e. The summed E-state index contributed by atoms with van der Waals surface area (Å²) >= 11 is 3.33. The number of nitrogens with one attached hydrogen (secondary N) is 2. The van der Waals surface area contributed by atoms with Gasteiger partial charge < -0.3 is 10.6 Å². The Hall–Kier alpha value is -1.36. The third-order valence-electron chi connectivity index (χ3n) is 2.09. The Kier molecular flexibility index (Phi) is 5.15. The van der Waals surface area contributed by atoms with E-state index in [1.807, 2.05) is 19.9 Å². The van der Waals surface area contributed by atoms with Crippen LogP contribution in [0.25, 0.3) is 0 Å². The summed E-state index contributed by atoms with van der Waals surface area (Å²) < 4.78 is 0.848. The number of carbonyl (C=O) groups excluding carboxylic acids is 2. The molecule has 0 saturated heterocycles. The number of hydrogen-bond donors (Lipinski definition) is 2. The van der Waals surface area contributed by atoms with Crippen molar-refractivity contribution in [2.24, 2.45) is 0 Å². The van der Waals surface area contributed by atoms with E-state index in [1.54, 1.807) is 12.1 Å². The van der Waals surface area contributed by atoms with E-state index in [1.165, 1.54) is 0 Å². The Bertz CT molecular complexity index is 412. The molecule has 1 aromatic rings. The predicted octanol–water partition coefficient (Wildman–Crippen LogP) is 1.62. The number of halogens is 1. The van der Waals surface area contributed by atoms with Crippen LogP contribution in [-0.4, -0.2) is 24.9 Å². The normalized spacial score (nSPS) is 9.82. The van der Waals surface area contributed by atoms with Crippen LogP contribution in [0.2, 0.25) is 0 Å². The highest BCUT2D eigenvalue weighted by molar-refractivity contribution is 9.10. The van der Waals surface area contributed by atoms with Gasteiger partial charge >= 0.3 is 0 Å². The predicted molar refractivity (Wildman–Crippen MR) is 69.9 cm³/mol. The molecule has 2 amide bonds. The summed E-state index contributed by atoms with van der Waals surface area (Å²) in [5, 5.41) is 5.18. The van der Waals surface area contributed by atoms with E-state index in [0.29, 0.717) is 12.1 Å². The number of benzene rings is 1. The maximum absolute atomic E-state index is 11.7. The number of rotatable bonds is 4. The summed E-state index contributed by atoms with van der Waals surface area (Å²) in [4.78, 5) is 22.9. The van der Waals surface area contributed by atoms with Crippen molar-refractivity contribution in [2.75, 3.05) is 13.1 Å². The van der Waals surface area contributed by atoms with Gasteiger partial charge in [0.05, 0.1) is 6.54 Å². The van der Waals surface area contributed by atoms with Crippen molar-refractivity contribution >= 4 is 27.7 Å². The first-order valence-corrected chi connectivity index (χ1v) is 6.14. The third-order valence-corrected chi connectivity index (χ3v) is 2.55. The number of aryl methyl sites for hydroxylation is 1. The first kappa shape index (κ1) is 13.7. The van der Waals surface area contributed by atoms with Crippen molar-refractivity contribution in [1.82, 2.24) is 10.6 Å². The largest absolute Gasteiger partial charge is 0.355 e. The van der Waals surface area contributed by atoms with Gasteiger partial charge in [0, 0.05) is 16.6 Å². The zero-order valence-electron chi connectivity index (χ0n) is 9.84. The minimum atomic E-state index is -0.249. The highest BCUT2D eigenvalue weighted by Gasteiger charge is 2.08. The molecule has 0 atom stereocenters. The minimum absolute atomic E-state index is 0.00175. The second-order valence-electron chi connectivity index (χ2n) is 3.65. The number of carbonyl (C=O) groups is 2. The van der Waals surface area contributed by atoms with E-state index < -0.39 is 0 Å². The van der Waals surface area contributed by atoms with Crippen LogP contribution in [0, 0.1) is 6.92 Å². The van der Waals surface area contributed by atoms with E-state index in [4.69, 9.17) is 0 Å². The molecule has 0 heterocycles. The van der Waals surface area contributed by atoms with Gasteiger partial charge in [-0.05, 0) is 37.6 Å². The van der Waals surface area contributed by atoms with Crippen molar-refractivity contribution in [3.63, 3.8) is 0 Å². The van der Waals surface area contributed by atoms with Gasteiger partial charge in [-0.1, -0.05) is 15.9 Å². The summed E-state index contributed by atoms with van der Waals surface area (Å²) in [5.41, 5.74) is 1.53. The number of likely N-dealkylation sites (N-methyl/N-ethyl adjacent to an activating group) is 1. The average Bonchev–Trinajstić information content (AvgIpc) is 2.25. The fourth-order valence-corrected chi connectivity index (χ4v) is 2.00. The SMILES string of the molecule is CCNC(=O)CNC(=O)c1cc(C)cc(Br)c1. The summed E-state index contributed by atoms with van der Waals surface area (Å²) in [7, 11) is 0. The van der Waals surface area contributed by atoms with Crippen LogP contribution < -0.4 is 10.6 Å². The lowest BCUT2D eigenvalue weighted by Gasteiger charge is -2.06. The van der Waals surface area contributed by atoms with Crippen LogP contribution in [0.1, 0.15) is 22.8 Å². The standard InChI is InChI=1S/C12H15BrN2O2/c1-3-14-11(16)7-15-12(17)9-4-8(2)5-10(13)6-9/h4-6H,3,7H2,1-2H3,(H,14,16)(H,15,17). The molecular formula is C12H15BrN2O2. The van der Waals surface area contributed by atoms with Gasteiger partial charge in [0.2, 0.25) is 5.91 Å². The molecule has 0 saturated carbocycles.